The van der Waals surface area contributed by atoms with E-state index in [1.165, 1.54) is 0 Å². The van der Waals surface area contributed by atoms with Gasteiger partial charge in [-0.05, 0) is 25.6 Å². The number of aliphatic carboxylic acids is 1. The van der Waals surface area contributed by atoms with Crippen LogP contribution in [0.4, 0.5) is 0 Å². The van der Waals surface area contributed by atoms with Gasteiger partial charge in [0.25, 0.3) is 10.2 Å². The minimum atomic E-state index is -3.91. The van der Waals surface area contributed by atoms with Crippen LogP contribution >= 0.6 is 0 Å². The Hall–Kier alpha value is -0.755. The van der Waals surface area contributed by atoms with Gasteiger partial charge in [-0.15, -0.1) is 0 Å². The molecule has 0 radical (unpaired) electrons. The second-order valence-corrected chi connectivity index (χ2v) is 9.13. The van der Waals surface area contributed by atoms with Crippen LogP contribution in [0.3, 0.4) is 0 Å². The number of nitrogens with one attached hydrogen (secondary N) is 1. The highest BCUT2D eigenvalue weighted by Gasteiger charge is 2.52. The van der Waals surface area contributed by atoms with Crippen molar-refractivity contribution in [1.29, 1.82) is 0 Å². The summed E-state index contributed by atoms with van der Waals surface area (Å²) >= 11 is 0. The smallest absolute Gasteiger partial charge is 0.451 e. The lowest BCUT2D eigenvalue weighted by molar-refractivity contribution is -0.144. The first-order valence-electron chi connectivity index (χ1n) is 8.97. The van der Waals surface area contributed by atoms with Gasteiger partial charge in [-0.1, -0.05) is 19.3 Å². The molecule has 1 saturated carbocycles. The third-order valence-corrected chi connectivity index (χ3v) is 7.02. The predicted molar refractivity (Wildman–Crippen MR) is 96.1 cm³/mol. The summed E-state index contributed by atoms with van der Waals surface area (Å²) in [6.07, 6.45) is 3.96. The molecule has 8 N–H and O–H groups in total. The van der Waals surface area contributed by atoms with Gasteiger partial charge in [0.1, 0.15) is 5.54 Å². The van der Waals surface area contributed by atoms with Gasteiger partial charge in [0.15, 0.2) is 0 Å². The zero-order chi connectivity index (χ0) is 19.5. The largest absolute Gasteiger partial charge is 0.480 e. The summed E-state index contributed by atoms with van der Waals surface area (Å²) in [6.45, 7) is -0.354. The number of rotatable bonds is 8. The number of carbonyl (C=O) groups is 1. The molecule has 0 bridgehead atoms. The maximum absolute atomic E-state index is 12.7. The van der Waals surface area contributed by atoms with Crippen molar-refractivity contribution in [2.24, 2.45) is 17.4 Å². The molecule has 0 aromatic rings. The summed E-state index contributed by atoms with van der Waals surface area (Å²) in [5, 5.41) is 27.4. The summed E-state index contributed by atoms with van der Waals surface area (Å²) in [6, 6.07) is -0.626. The lowest BCUT2D eigenvalue weighted by atomic mass is 9.78. The zero-order valence-electron chi connectivity index (χ0n) is 14.7. The highest BCUT2D eigenvalue weighted by Crippen LogP contribution is 2.32. The summed E-state index contributed by atoms with van der Waals surface area (Å²) in [5.41, 5.74) is 10.3. The summed E-state index contributed by atoms with van der Waals surface area (Å²) in [5.74, 6) is -1.88. The second kappa shape index (κ2) is 8.51. The van der Waals surface area contributed by atoms with Gasteiger partial charge in [0, 0.05) is 31.1 Å². The third-order valence-electron chi connectivity index (χ3n) is 5.46. The Morgan fingerprint density at radius 1 is 1.31 bits per heavy atom. The lowest BCUT2D eigenvalue weighted by Crippen LogP contribution is -2.56. The quantitative estimate of drug-likeness (QED) is 0.258. The first-order valence-corrected chi connectivity index (χ1v) is 10.4. The molecule has 2 rings (SSSR count). The molecule has 12 heteroatoms. The van der Waals surface area contributed by atoms with Crippen molar-refractivity contribution in [3.8, 4) is 0 Å². The second-order valence-electron chi connectivity index (χ2n) is 7.42. The van der Waals surface area contributed by atoms with E-state index in [9.17, 15) is 18.3 Å². The highest BCUT2D eigenvalue weighted by molar-refractivity contribution is 7.87. The van der Waals surface area contributed by atoms with Crippen LogP contribution in [0.2, 0.25) is 6.32 Å². The molecule has 26 heavy (non-hydrogen) atoms. The Morgan fingerprint density at radius 3 is 2.54 bits per heavy atom. The fourth-order valence-electron chi connectivity index (χ4n) is 3.79. The molecule has 0 unspecified atom stereocenters. The van der Waals surface area contributed by atoms with E-state index in [-0.39, 0.29) is 37.9 Å². The van der Waals surface area contributed by atoms with Gasteiger partial charge < -0.3 is 26.6 Å². The minimum absolute atomic E-state index is 0.0262. The van der Waals surface area contributed by atoms with Crippen LogP contribution in [0.1, 0.15) is 38.5 Å². The average molecular weight is 392 g/mol. The maximum Gasteiger partial charge on any atom is 0.451 e. The Bertz CT molecular complexity index is 606. The number of carboxylic acids is 1. The Morgan fingerprint density at radius 2 is 1.96 bits per heavy atom. The van der Waals surface area contributed by atoms with E-state index in [0.717, 1.165) is 23.6 Å². The molecule has 1 aliphatic carbocycles. The van der Waals surface area contributed by atoms with Gasteiger partial charge in [-0.3, -0.25) is 4.79 Å². The van der Waals surface area contributed by atoms with Crippen LogP contribution in [0.5, 0.6) is 0 Å². The molecule has 10 nitrogen and oxygen atoms in total. The summed E-state index contributed by atoms with van der Waals surface area (Å²) in [7, 11) is -5.39. The number of nitrogens with two attached hydrogens (primary N) is 2. The standard InChI is InChI=1S/C14H29BN4O6S/c16-11-5-1-2-6-12(11)18-26(24,25)19-8-10(4-3-7-15(22)23)14(17,9-19)13(20)21/h10-12,18,22-23H,1-9,16-17H2,(H,20,21)/t10-,11-,12-,14-/m1/s1. The number of hydrogen-bond acceptors (Lipinski definition) is 7. The fourth-order valence-corrected chi connectivity index (χ4v) is 5.37. The monoisotopic (exact) mass is 392 g/mol. The van der Waals surface area contributed by atoms with E-state index in [0.29, 0.717) is 12.8 Å². The molecule has 1 saturated heterocycles. The molecule has 1 heterocycles. The molecule has 4 atom stereocenters. The van der Waals surface area contributed by atoms with Gasteiger partial charge in [-0.25, -0.2) is 0 Å². The molecule has 1 aliphatic heterocycles. The molecule has 0 amide bonds. The van der Waals surface area contributed by atoms with Crippen molar-refractivity contribution < 1.29 is 28.4 Å². The lowest BCUT2D eigenvalue weighted by Gasteiger charge is -2.30. The summed E-state index contributed by atoms with van der Waals surface area (Å²) in [4.78, 5) is 11.7. The van der Waals surface area contributed by atoms with Crippen LogP contribution in [-0.4, -0.2) is 71.7 Å². The average Bonchev–Trinajstić information content (AvgIpc) is 2.89. The molecular weight excluding hydrogens is 363 g/mol. The van der Waals surface area contributed by atoms with Crippen molar-refractivity contribution in [3.05, 3.63) is 0 Å². The van der Waals surface area contributed by atoms with Crippen LogP contribution in [0.25, 0.3) is 0 Å². The number of nitrogens with zero attached hydrogens (tertiary/aromatic N) is 1. The van der Waals surface area contributed by atoms with Gasteiger partial charge >= 0.3 is 13.1 Å². The first kappa shape index (κ1) is 21.5. The molecule has 0 spiro atoms. The zero-order valence-corrected chi connectivity index (χ0v) is 15.6. The van der Waals surface area contributed by atoms with E-state index in [2.05, 4.69) is 4.72 Å². The Labute approximate surface area is 154 Å². The fraction of sp³-hybridized carbons (Fsp3) is 0.929. The van der Waals surface area contributed by atoms with Crippen molar-refractivity contribution >= 4 is 23.3 Å². The number of carboxylic acid groups (broad SMARTS) is 1. The van der Waals surface area contributed by atoms with Crippen molar-refractivity contribution in [3.63, 3.8) is 0 Å². The van der Waals surface area contributed by atoms with E-state index in [1.54, 1.807) is 0 Å². The highest BCUT2D eigenvalue weighted by atomic mass is 32.2. The van der Waals surface area contributed by atoms with Gasteiger partial charge in [0.05, 0.1) is 0 Å². The van der Waals surface area contributed by atoms with Crippen LogP contribution in [0, 0.1) is 5.92 Å². The predicted octanol–water partition coefficient (Wildman–Crippen LogP) is -1.94. The van der Waals surface area contributed by atoms with E-state index >= 15 is 0 Å². The summed E-state index contributed by atoms with van der Waals surface area (Å²) < 4.78 is 29.1. The molecule has 150 valence electrons. The van der Waals surface area contributed by atoms with Crippen molar-refractivity contribution in [1.82, 2.24) is 9.03 Å². The number of hydrogen-bond donors (Lipinski definition) is 6. The third kappa shape index (κ3) is 4.94. The van der Waals surface area contributed by atoms with Crippen LogP contribution in [-0.2, 0) is 15.0 Å². The van der Waals surface area contributed by atoms with E-state index in [1.807, 2.05) is 0 Å². The minimum Gasteiger partial charge on any atom is -0.480 e. The molecule has 2 fully saturated rings. The van der Waals surface area contributed by atoms with E-state index in [4.69, 9.17) is 21.5 Å². The molecule has 0 aromatic heterocycles. The van der Waals surface area contributed by atoms with Gasteiger partial charge in [-0.2, -0.15) is 17.4 Å². The molecular formula is C14H29BN4O6S. The topological polar surface area (TPSA) is 179 Å². The van der Waals surface area contributed by atoms with E-state index < -0.39 is 34.8 Å². The SMILES string of the molecule is N[C@@H]1CCCC[C@H]1NS(=O)(=O)N1C[C@@H](CCCB(O)O)[C@@](N)(C(=O)O)C1. The van der Waals surface area contributed by atoms with Crippen LogP contribution in [0.15, 0.2) is 0 Å². The van der Waals surface area contributed by atoms with Crippen LogP contribution < -0.4 is 16.2 Å². The van der Waals surface area contributed by atoms with Gasteiger partial charge in [0.2, 0.25) is 0 Å². The maximum atomic E-state index is 12.7. The Balaban J connectivity index is 2.07. The normalized spacial score (nSPS) is 33.3. The van der Waals surface area contributed by atoms with Crippen molar-refractivity contribution in [2.75, 3.05) is 13.1 Å². The van der Waals surface area contributed by atoms with Crippen molar-refractivity contribution in [2.45, 2.75) is 62.5 Å². The Kier molecular flexibility index (Phi) is 7.05. The molecule has 2 aliphatic rings. The molecule has 0 aromatic carbocycles. The first-order chi connectivity index (χ1) is 12.1.